The van der Waals surface area contributed by atoms with Gasteiger partial charge in [0, 0.05) is 12.1 Å². The van der Waals surface area contributed by atoms with Gasteiger partial charge in [-0.15, -0.1) is 0 Å². The van der Waals surface area contributed by atoms with Crippen molar-refractivity contribution in [2.75, 3.05) is 0 Å². The number of benzene rings is 1. The van der Waals surface area contributed by atoms with Crippen LogP contribution in [0.15, 0.2) is 12.1 Å². The zero-order valence-corrected chi connectivity index (χ0v) is 9.34. The topological polar surface area (TPSA) is 37.9 Å². The Kier molecular flexibility index (Phi) is 2.36. The van der Waals surface area contributed by atoms with Gasteiger partial charge in [-0.05, 0) is 19.8 Å². The van der Waals surface area contributed by atoms with Crippen molar-refractivity contribution in [3.8, 4) is 0 Å². The van der Waals surface area contributed by atoms with E-state index in [1.807, 2.05) is 6.92 Å². The highest BCUT2D eigenvalue weighted by Crippen LogP contribution is 2.32. The van der Waals surface area contributed by atoms with Crippen molar-refractivity contribution in [1.29, 1.82) is 0 Å². The average Bonchev–Trinajstić information content (AvgIpc) is 2.85. The number of rotatable bonds is 1. The first kappa shape index (κ1) is 10.7. The number of ether oxygens (including phenoxy) is 1. The van der Waals surface area contributed by atoms with Crippen molar-refractivity contribution in [2.24, 2.45) is 0 Å². The third-order valence-electron chi connectivity index (χ3n) is 3.08. The van der Waals surface area contributed by atoms with Crippen LogP contribution >= 0.6 is 0 Å². The summed E-state index contributed by atoms with van der Waals surface area (Å²) in [6.45, 7) is 2.00. The minimum absolute atomic E-state index is 0.0940. The lowest BCUT2D eigenvalue weighted by Crippen LogP contribution is -2.02. The predicted octanol–water partition coefficient (Wildman–Crippen LogP) is 3.08. The Labute approximate surface area is 96.8 Å². The largest absolute Gasteiger partial charge is 0.367 e. The van der Waals surface area contributed by atoms with E-state index < -0.39 is 11.6 Å². The summed E-state index contributed by atoms with van der Waals surface area (Å²) in [6, 6.07) is 2.22. The molecule has 0 saturated carbocycles. The Bertz CT molecular complexity index is 528. The molecule has 2 unspecified atom stereocenters. The molecule has 90 valence electrons. The number of aromatic amines is 1. The molecule has 0 aliphatic carbocycles. The van der Waals surface area contributed by atoms with Crippen molar-refractivity contribution >= 4 is 11.0 Å². The highest BCUT2D eigenvalue weighted by Gasteiger charge is 2.26. The monoisotopic (exact) mass is 238 g/mol. The van der Waals surface area contributed by atoms with Crippen molar-refractivity contribution in [2.45, 2.75) is 32.0 Å². The molecule has 2 aromatic rings. The molecule has 0 spiro atoms. The summed E-state index contributed by atoms with van der Waals surface area (Å²) in [5, 5.41) is 0. The summed E-state index contributed by atoms with van der Waals surface area (Å²) < 4.78 is 31.7. The zero-order chi connectivity index (χ0) is 12.0. The number of hydrogen-bond acceptors (Lipinski definition) is 2. The van der Waals surface area contributed by atoms with Crippen molar-refractivity contribution in [1.82, 2.24) is 9.97 Å². The maximum atomic E-state index is 13.0. The maximum Gasteiger partial charge on any atom is 0.161 e. The second-order valence-corrected chi connectivity index (χ2v) is 4.42. The van der Waals surface area contributed by atoms with E-state index in [2.05, 4.69) is 9.97 Å². The lowest BCUT2D eigenvalue weighted by Gasteiger charge is -2.06. The fourth-order valence-corrected chi connectivity index (χ4v) is 2.18. The molecule has 0 radical (unpaired) electrons. The van der Waals surface area contributed by atoms with Gasteiger partial charge in [0.05, 0.1) is 17.1 Å². The van der Waals surface area contributed by atoms with E-state index in [0.717, 1.165) is 25.0 Å². The molecule has 3 nitrogen and oxygen atoms in total. The van der Waals surface area contributed by atoms with Crippen LogP contribution in [-0.2, 0) is 4.74 Å². The Hall–Kier alpha value is -1.49. The molecule has 1 saturated heterocycles. The Balaban J connectivity index is 2.02. The van der Waals surface area contributed by atoms with Gasteiger partial charge < -0.3 is 9.72 Å². The van der Waals surface area contributed by atoms with E-state index >= 15 is 0 Å². The number of nitrogens with zero attached hydrogens (tertiary/aromatic N) is 1. The molecule has 5 heteroatoms. The number of aromatic nitrogens is 2. The summed E-state index contributed by atoms with van der Waals surface area (Å²) in [4.78, 5) is 7.23. The van der Waals surface area contributed by atoms with Gasteiger partial charge in [-0.3, -0.25) is 0 Å². The summed E-state index contributed by atoms with van der Waals surface area (Å²) in [7, 11) is 0. The molecule has 1 aromatic heterocycles. The molecule has 1 N–H and O–H groups in total. The van der Waals surface area contributed by atoms with Crippen LogP contribution in [0.5, 0.6) is 0 Å². The summed E-state index contributed by atoms with van der Waals surface area (Å²) >= 11 is 0. The summed E-state index contributed by atoms with van der Waals surface area (Å²) in [5.74, 6) is -1.10. The number of nitrogens with one attached hydrogen (secondary N) is 1. The molecule has 1 aliphatic rings. The molecule has 2 heterocycles. The van der Waals surface area contributed by atoms with Gasteiger partial charge in [-0.25, -0.2) is 13.8 Å². The van der Waals surface area contributed by atoms with Gasteiger partial charge in [0.2, 0.25) is 0 Å². The standard InChI is InChI=1S/C12H12F2N2O/c1-6-2-3-11(17-6)12-15-9-4-7(13)8(14)5-10(9)16-12/h4-6,11H,2-3H2,1H3,(H,15,16). The predicted molar refractivity (Wildman–Crippen MR) is 58.5 cm³/mol. The van der Waals surface area contributed by atoms with Crippen LogP contribution < -0.4 is 0 Å². The average molecular weight is 238 g/mol. The first-order chi connectivity index (χ1) is 8.13. The quantitative estimate of drug-likeness (QED) is 0.829. The van der Waals surface area contributed by atoms with E-state index in [0.29, 0.717) is 16.9 Å². The highest BCUT2D eigenvalue weighted by molar-refractivity contribution is 5.75. The number of imidazole rings is 1. The number of hydrogen-bond donors (Lipinski definition) is 1. The third-order valence-corrected chi connectivity index (χ3v) is 3.08. The van der Waals surface area contributed by atoms with Crippen LogP contribution in [0.4, 0.5) is 8.78 Å². The Morgan fingerprint density at radius 2 is 2.06 bits per heavy atom. The molecule has 0 amide bonds. The molecule has 1 aromatic carbocycles. The number of fused-ring (bicyclic) bond motifs is 1. The smallest absolute Gasteiger partial charge is 0.161 e. The molecule has 3 rings (SSSR count). The highest BCUT2D eigenvalue weighted by atomic mass is 19.2. The zero-order valence-electron chi connectivity index (χ0n) is 9.34. The minimum atomic E-state index is -0.878. The maximum absolute atomic E-state index is 13.0. The lowest BCUT2D eigenvalue weighted by atomic mass is 10.2. The second kappa shape index (κ2) is 3.77. The van der Waals surface area contributed by atoms with Crippen LogP contribution in [0, 0.1) is 11.6 Å². The van der Waals surface area contributed by atoms with Crippen LogP contribution in [0.25, 0.3) is 11.0 Å². The van der Waals surface area contributed by atoms with Crippen LogP contribution in [0.3, 0.4) is 0 Å². The molecule has 2 atom stereocenters. The molecular formula is C12H12F2N2O. The first-order valence-electron chi connectivity index (χ1n) is 5.63. The molecule has 17 heavy (non-hydrogen) atoms. The fraction of sp³-hybridized carbons (Fsp3) is 0.417. The normalized spacial score (nSPS) is 24.6. The SMILES string of the molecule is CC1CCC(c2nc3cc(F)c(F)cc3[nH]2)O1. The molecule has 0 bridgehead atoms. The first-order valence-corrected chi connectivity index (χ1v) is 5.63. The summed E-state index contributed by atoms with van der Waals surface area (Å²) in [5.41, 5.74) is 0.934. The van der Waals surface area contributed by atoms with Gasteiger partial charge in [0.25, 0.3) is 0 Å². The van der Waals surface area contributed by atoms with Gasteiger partial charge in [0.1, 0.15) is 11.9 Å². The van der Waals surface area contributed by atoms with Crippen molar-refractivity contribution in [3.63, 3.8) is 0 Å². The fourth-order valence-electron chi connectivity index (χ4n) is 2.18. The van der Waals surface area contributed by atoms with E-state index in [1.165, 1.54) is 0 Å². The van der Waals surface area contributed by atoms with Crippen LogP contribution in [-0.4, -0.2) is 16.1 Å². The van der Waals surface area contributed by atoms with Gasteiger partial charge >= 0.3 is 0 Å². The van der Waals surface area contributed by atoms with Crippen molar-refractivity contribution in [3.05, 3.63) is 29.6 Å². The lowest BCUT2D eigenvalue weighted by molar-refractivity contribution is 0.0510. The van der Waals surface area contributed by atoms with Crippen LogP contribution in [0.1, 0.15) is 31.7 Å². The molecular weight excluding hydrogens is 226 g/mol. The molecule has 1 aliphatic heterocycles. The second-order valence-electron chi connectivity index (χ2n) is 4.42. The van der Waals surface area contributed by atoms with Gasteiger partial charge in [-0.2, -0.15) is 0 Å². The van der Waals surface area contributed by atoms with E-state index in [4.69, 9.17) is 4.74 Å². The van der Waals surface area contributed by atoms with E-state index in [1.54, 1.807) is 0 Å². The minimum Gasteiger partial charge on any atom is -0.367 e. The number of H-pyrrole nitrogens is 1. The molecule has 1 fully saturated rings. The van der Waals surface area contributed by atoms with E-state index in [9.17, 15) is 8.78 Å². The Morgan fingerprint density at radius 3 is 2.76 bits per heavy atom. The number of halogens is 2. The van der Waals surface area contributed by atoms with Crippen molar-refractivity contribution < 1.29 is 13.5 Å². The summed E-state index contributed by atoms with van der Waals surface area (Å²) in [6.07, 6.45) is 1.97. The Morgan fingerprint density at radius 1 is 1.29 bits per heavy atom. The van der Waals surface area contributed by atoms with Gasteiger partial charge in [0.15, 0.2) is 11.6 Å². The van der Waals surface area contributed by atoms with E-state index in [-0.39, 0.29) is 12.2 Å². The van der Waals surface area contributed by atoms with Gasteiger partial charge in [-0.1, -0.05) is 0 Å². The third kappa shape index (κ3) is 1.80. The van der Waals surface area contributed by atoms with Crippen LogP contribution in [0.2, 0.25) is 0 Å².